The van der Waals surface area contributed by atoms with E-state index in [0.29, 0.717) is 29.4 Å². The van der Waals surface area contributed by atoms with E-state index < -0.39 is 0 Å². The summed E-state index contributed by atoms with van der Waals surface area (Å²) in [7, 11) is 0. The van der Waals surface area contributed by atoms with Crippen molar-refractivity contribution in [2.45, 2.75) is 32.3 Å². The molecule has 0 radical (unpaired) electrons. The summed E-state index contributed by atoms with van der Waals surface area (Å²) in [5.41, 5.74) is 1.02. The van der Waals surface area contributed by atoms with Crippen molar-refractivity contribution in [3.05, 3.63) is 35.7 Å². The Labute approximate surface area is 128 Å². The highest BCUT2D eigenvalue weighted by Gasteiger charge is 2.19. The summed E-state index contributed by atoms with van der Waals surface area (Å²) >= 11 is 0. The number of carbonyl (C=O) groups is 1. The van der Waals surface area contributed by atoms with Crippen molar-refractivity contribution in [2.75, 3.05) is 13.2 Å². The molecule has 0 aliphatic carbocycles. The Morgan fingerprint density at radius 2 is 2.27 bits per heavy atom. The summed E-state index contributed by atoms with van der Waals surface area (Å²) in [5.74, 6) is 0.463. The lowest BCUT2D eigenvalue weighted by Crippen LogP contribution is -2.13. The molecule has 1 fully saturated rings. The van der Waals surface area contributed by atoms with Gasteiger partial charge in [0.2, 0.25) is 0 Å². The third kappa shape index (κ3) is 3.33. The van der Waals surface area contributed by atoms with Gasteiger partial charge in [0.1, 0.15) is 0 Å². The lowest BCUT2D eigenvalue weighted by Gasteiger charge is -2.10. The normalized spacial score (nSPS) is 17.6. The van der Waals surface area contributed by atoms with Gasteiger partial charge in [0, 0.05) is 13.0 Å². The molecular weight excluding hydrogens is 284 g/mol. The monoisotopic (exact) mass is 302 g/mol. The van der Waals surface area contributed by atoms with E-state index in [1.54, 1.807) is 25.1 Å². The molecule has 0 N–H and O–H groups in total. The molecule has 6 nitrogen and oxygen atoms in total. The molecule has 1 aromatic heterocycles. The number of carbonyl (C=O) groups excluding carboxylic acids is 1. The quantitative estimate of drug-likeness (QED) is 0.791. The molecule has 0 bridgehead atoms. The predicted octanol–water partition coefficient (Wildman–Crippen LogP) is 2.77. The maximum absolute atomic E-state index is 12.3. The summed E-state index contributed by atoms with van der Waals surface area (Å²) in [6.07, 6.45) is 3.06. The highest BCUT2D eigenvalue weighted by molar-refractivity contribution is 5.96. The maximum atomic E-state index is 12.3. The van der Waals surface area contributed by atoms with Crippen LogP contribution in [0, 0.1) is 6.92 Å². The second-order valence-electron chi connectivity index (χ2n) is 5.25. The van der Waals surface area contributed by atoms with Crippen LogP contribution in [0.3, 0.4) is 0 Å². The Balaban J connectivity index is 1.67. The molecule has 3 rings (SSSR count). The SMILES string of the molecule is Cc1noc(-c2ccccc2C(=O)OCC[C@H]2CCCO2)n1. The number of rotatable bonds is 5. The van der Waals surface area contributed by atoms with E-state index in [-0.39, 0.29) is 12.1 Å². The molecule has 0 saturated carbocycles. The predicted molar refractivity (Wildman–Crippen MR) is 78.3 cm³/mol. The largest absolute Gasteiger partial charge is 0.462 e. The van der Waals surface area contributed by atoms with Crippen LogP contribution < -0.4 is 0 Å². The summed E-state index contributed by atoms with van der Waals surface area (Å²) in [6, 6.07) is 7.06. The van der Waals surface area contributed by atoms with Crippen molar-refractivity contribution < 1.29 is 18.8 Å². The number of aromatic nitrogens is 2. The Bertz CT molecular complexity index is 647. The van der Waals surface area contributed by atoms with Crippen LogP contribution in [0.4, 0.5) is 0 Å². The highest BCUT2D eigenvalue weighted by atomic mass is 16.5. The van der Waals surface area contributed by atoms with E-state index in [4.69, 9.17) is 14.0 Å². The average molecular weight is 302 g/mol. The van der Waals surface area contributed by atoms with Gasteiger partial charge in [-0.3, -0.25) is 0 Å². The van der Waals surface area contributed by atoms with Crippen LogP contribution in [-0.4, -0.2) is 35.4 Å². The Morgan fingerprint density at radius 1 is 1.41 bits per heavy atom. The van der Waals surface area contributed by atoms with Gasteiger partial charge in [0.15, 0.2) is 5.82 Å². The fourth-order valence-electron chi connectivity index (χ4n) is 2.49. The molecule has 1 aliphatic rings. The van der Waals surface area contributed by atoms with E-state index in [9.17, 15) is 4.79 Å². The van der Waals surface area contributed by atoms with Crippen molar-refractivity contribution in [1.82, 2.24) is 10.1 Å². The second kappa shape index (κ2) is 6.70. The first-order valence-electron chi connectivity index (χ1n) is 7.42. The number of esters is 1. The van der Waals surface area contributed by atoms with Crippen LogP contribution in [0.25, 0.3) is 11.5 Å². The number of ether oxygens (including phenoxy) is 2. The van der Waals surface area contributed by atoms with E-state index in [1.165, 1.54) is 0 Å². The molecule has 1 saturated heterocycles. The van der Waals surface area contributed by atoms with Gasteiger partial charge < -0.3 is 14.0 Å². The minimum atomic E-state index is -0.385. The van der Waals surface area contributed by atoms with E-state index in [0.717, 1.165) is 25.9 Å². The molecule has 2 aromatic rings. The molecule has 1 aromatic carbocycles. The van der Waals surface area contributed by atoms with Gasteiger partial charge in [-0.2, -0.15) is 4.98 Å². The van der Waals surface area contributed by atoms with Crippen LogP contribution in [0.5, 0.6) is 0 Å². The average Bonchev–Trinajstić information content (AvgIpc) is 3.19. The Morgan fingerprint density at radius 3 is 3.00 bits per heavy atom. The molecule has 1 aliphatic heterocycles. The van der Waals surface area contributed by atoms with Gasteiger partial charge in [-0.15, -0.1) is 0 Å². The van der Waals surface area contributed by atoms with Crippen LogP contribution in [0.15, 0.2) is 28.8 Å². The fraction of sp³-hybridized carbons (Fsp3) is 0.438. The van der Waals surface area contributed by atoms with Crippen molar-refractivity contribution in [3.8, 4) is 11.5 Å². The fourth-order valence-corrected chi connectivity index (χ4v) is 2.49. The molecule has 0 spiro atoms. The molecule has 116 valence electrons. The first-order valence-corrected chi connectivity index (χ1v) is 7.42. The van der Waals surface area contributed by atoms with E-state index >= 15 is 0 Å². The summed E-state index contributed by atoms with van der Waals surface area (Å²) < 4.78 is 16.0. The molecule has 1 atom stereocenters. The lowest BCUT2D eigenvalue weighted by molar-refractivity contribution is 0.0386. The minimum Gasteiger partial charge on any atom is -0.462 e. The van der Waals surface area contributed by atoms with E-state index in [1.807, 2.05) is 6.07 Å². The first-order chi connectivity index (χ1) is 10.7. The minimum absolute atomic E-state index is 0.210. The zero-order valence-corrected chi connectivity index (χ0v) is 12.4. The van der Waals surface area contributed by atoms with Crippen LogP contribution in [-0.2, 0) is 9.47 Å². The first kappa shape index (κ1) is 14.7. The standard InChI is InChI=1S/C16H18N2O4/c1-11-17-15(22-18-11)13-6-2-3-7-14(13)16(19)21-10-8-12-5-4-9-20-12/h2-3,6-7,12H,4-5,8-10H2,1H3/t12-/m1/s1. The number of hydrogen-bond donors (Lipinski definition) is 0. The zero-order valence-electron chi connectivity index (χ0n) is 12.4. The topological polar surface area (TPSA) is 74.5 Å². The molecule has 0 amide bonds. The molecule has 0 unspecified atom stereocenters. The molecule has 22 heavy (non-hydrogen) atoms. The second-order valence-corrected chi connectivity index (χ2v) is 5.25. The summed E-state index contributed by atoms with van der Waals surface area (Å²) in [6.45, 7) is 2.88. The van der Waals surface area contributed by atoms with E-state index in [2.05, 4.69) is 10.1 Å². The molecule has 2 heterocycles. The van der Waals surface area contributed by atoms with Gasteiger partial charge in [-0.25, -0.2) is 4.79 Å². The number of nitrogens with zero attached hydrogens (tertiary/aromatic N) is 2. The van der Waals surface area contributed by atoms with Crippen LogP contribution in [0.1, 0.15) is 35.4 Å². The van der Waals surface area contributed by atoms with Crippen molar-refractivity contribution in [3.63, 3.8) is 0 Å². The Kier molecular flexibility index (Phi) is 4.48. The molecular formula is C16H18N2O4. The third-order valence-corrected chi connectivity index (χ3v) is 3.60. The lowest BCUT2D eigenvalue weighted by atomic mass is 10.1. The smallest absolute Gasteiger partial charge is 0.338 e. The van der Waals surface area contributed by atoms with Gasteiger partial charge in [-0.05, 0) is 31.9 Å². The summed E-state index contributed by atoms with van der Waals surface area (Å²) in [5, 5.41) is 3.75. The van der Waals surface area contributed by atoms with Gasteiger partial charge in [0.05, 0.1) is 23.8 Å². The third-order valence-electron chi connectivity index (χ3n) is 3.60. The van der Waals surface area contributed by atoms with Crippen molar-refractivity contribution in [2.24, 2.45) is 0 Å². The van der Waals surface area contributed by atoms with Gasteiger partial charge in [0.25, 0.3) is 5.89 Å². The number of hydrogen-bond acceptors (Lipinski definition) is 6. The summed E-state index contributed by atoms with van der Waals surface area (Å²) in [4.78, 5) is 16.4. The maximum Gasteiger partial charge on any atom is 0.338 e. The number of aryl methyl sites for hydroxylation is 1. The number of benzene rings is 1. The highest BCUT2D eigenvalue weighted by Crippen LogP contribution is 2.23. The van der Waals surface area contributed by atoms with Gasteiger partial charge in [-0.1, -0.05) is 17.3 Å². The Hall–Kier alpha value is -2.21. The molecule has 6 heteroatoms. The van der Waals surface area contributed by atoms with Crippen LogP contribution >= 0.6 is 0 Å². The van der Waals surface area contributed by atoms with Crippen molar-refractivity contribution >= 4 is 5.97 Å². The zero-order chi connectivity index (χ0) is 15.4. The van der Waals surface area contributed by atoms with Crippen molar-refractivity contribution in [1.29, 1.82) is 0 Å². The van der Waals surface area contributed by atoms with Gasteiger partial charge >= 0.3 is 5.97 Å². The van der Waals surface area contributed by atoms with Crippen LogP contribution in [0.2, 0.25) is 0 Å².